The molecular weight excluding hydrogens is 262 g/mol. The predicted octanol–water partition coefficient (Wildman–Crippen LogP) is 0.934. The van der Waals surface area contributed by atoms with Gasteiger partial charge in [0.1, 0.15) is 5.82 Å². The van der Waals surface area contributed by atoms with E-state index in [4.69, 9.17) is 10.2 Å². The first kappa shape index (κ1) is 14.2. The minimum atomic E-state index is -0.447. The Hall–Kier alpha value is -2.25. The highest BCUT2D eigenvalue weighted by molar-refractivity contribution is 5.82. The molecule has 1 heterocycles. The fourth-order valence-corrected chi connectivity index (χ4v) is 1.97. The third-order valence-electron chi connectivity index (χ3n) is 2.93. The number of non-ortho nitro benzene ring substituents is 1. The highest BCUT2D eigenvalue weighted by atomic mass is 16.6. The van der Waals surface area contributed by atoms with E-state index in [1.54, 1.807) is 23.1 Å². The number of nitro groups is 1. The van der Waals surface area contributed by atoms with Gasteiger partial charge in [0.05, 0.1) is 23.7 Å². The van der Waals surface area contributed by atoms with Gasteiger partial charge in [-0.3, -0.25) is 10.1 Å². The topological polar surface area (TPSA) is 99.7 Å². The molecule has 7 nitrogen and oxygen atoms in total. The van der Waals surface area contributed by atoms with Gasteiger partial charge in [0, 0.05) is 30.6 Å². The normalized spacial score (nSPS) is 10.7. The molecule has 106 valence electrons. The number of rotatable bonds is 6. The molecule has 0 atom stereocenters. The molecule has 2 rings (SSSR count). The summed E-state index contributed by atoms with van der Waals surface area (Å²) < 4.78 is 0. The molecule has 7 heteroatoms. The summed E-state index contributed by atoms with van der Waals surface area (Å²) in [6.07, 6.45) is 0. The van der Waals surface area contributed by atoms with Gasteiger partial charge < -0.3 is 15.1 Å². The summed E-state index contributed by atoms with van der Waals surface area (Å²) in [6.45, 7) is 0.651. The summed E-state index contributed by atoms with van der Waals surface area (Å²) in [5, 5.41) is 29.4. The Bertz CT molecular complexity index is 612. The van der Waals surface area contributed by atoms with E-state index in [9.17, 15) is 10.1 Å². The second kappa shape index (κ2) is 6.27. The maximum Gasteiger partial charge on any atom is 0.270 e. The Morgan fingerprint density at radius 1 is 1.15 bits per heavy atom. The smallest absolute Gasteiger partial charge is 0.270 e. The molecule has 0 aliphatic carbocycles. The van der Waals surface area contributed by atoms with E-state index in [-0.39, 0.29) is 18.9 Å². The largest absolute Gasteiger partial charge is 0.395 e. The minimum Gasteiger partial charge on any atom is -0.395 e. The van der Waals surface area contributed by atoms with Crippen LogP contribution in [-0.4, -0.2) is 46.4 Å². The zero-order valence-corrected chi connectivity index (χ0v) is 10.8. The van der Waals surface area contributed by atoms with Crippen LogP contribution in [0.4, 0.5) is 11.5 Å². The Kier molecular flexibility index (Phi) is 4.44. The van der Waals surface area contributed by atoms with Crippen molar-refractivity contribution in [2.75, 3.05) is 31.2 Å². The van der Waals surface area contributed by atoms with Gasteiger partial charge in [0.25, 0.3) is 5.69 Å². The summed E-state index contributed by atoms with van der Waals surface area (Å²) in [6, 6.07) is 7.92. The second-order valence-corrected chi connectivity index (χ2v) is 4.24. The summed E-state index contributed by atoms with van der Waals surface area (Å²) in [4.78, 5) is 16.4. The first-order valence-electron chi connectivity index (χ1n) is 6.17. The molecule has 1 aromatic carbocycles. The lowest BCUT2D eigenvalue weighted by Crippen LogP contribution is -2.30. The van der Waals surface area contributed by atoms with Gasteiger partial charge in [-0.05, 0) is 18.2 Å². The molecule has 0 radical (unpaired) electrons. The number of anilines is 1. The number of hydrogen-bond acceptors (Lipinski definition) is 6. The van der Waals surface area contributed by atoms with Crippen LogP contribution >= 0.6 is 0 Å². The number of pyridine rings is 1. The molecular formula is C13H15N3O4. The number of aromatic nitrogens is 1. The van der Waals surface area contributed by atoms with E-state index < -0.39 is 4.92 Å². The van der Waals surface area contributed by atoms with Gasteiger partial charge in [-0.1, -0.05) is 0 Å². The van der Waals surface area contributed by atoms with Crippen molar-refractivity contribution in [3.63, 3.8) is 0 Å². The summed E-state index contributed by atoms with van der Waals surface area (Å²) in [5.74, 6) is 0.620. The number of aliphatic hydroxyl groups is 2. The SMILES string of the molecule is O=[N+]([O-])c1ccc2nc(N(CCO)CCO)ccc2c1. The van der Waals surface area contributed by atoms with Crippen LogP contribution in [0.25, 0.3) is 10.9 Å². The first-order chi connectivity index (χ1) is 9.65. The Labute approximate surface area is 115 Å². The molecule has 1 aromatic heterocycles. The van der Waals surface area contributed by atoms with E-state index in [0.29, 0.717) is 29.8 Å². The lowest BCUT2D eigenvalue weighted by Gasteiger charge is -2.21. The van der Waals surface area contributed by atoms with E-state index >= 15 is 0 Å². The first-order valence-corrected chi connectivity index (χ1v) is 6.17. The number of hydrogen-bond donors (Lipinski definition) is 2. The molecule has 0 spiro atoms. The molecule has 2 N–H and O–H groups in total. The lowest BCUT2D eigenvalue weighted by molar-refractivity contribution is -0.384. The van der Waals surface area contributed by atoms with Crippen LogP contribution < -0.4 is 4.90 Å². The second-order valence-electron chi connectivity index (χ2n) is 4.24. The average Bonchev–Trinajstić information content (AvgIpc) is 2.46. The fourth-order valence-electron chi connectivity index (χ4n) is 1.97. The third-order valence-corrected chi connectivity index (χ3v) is 2.93. The molecule has 2 aromatic rings. The van der Waals surface area contributed by atoms with Crippen LogP contribution in [0, 0.1) is 10.1 Å². The standard InChI is InChI=1S/C13H15N3O4/c17-7-5-15(6-8-18)13-4-1-10-9-11(16(19)20)2-3-12(10)14-13/h1-4,9,17-18H,5-8H2. The Morgan fingerprint density at radius 2 is 1.85 bits per heavy atom. The molecule has 0 aliphatic rings. The van der Waals surface area contributed by atoms with Crippen LogP contribution in [0.15, 0.2) is 30.3 Å². The average molecular weight is 277 g/mol. The van der Waals surface area contributed by atoms with Gasteiger partial charge in [-0.2, -0.15) is 0 Å². The van der Waals surface area contributed by atoms with E-state index in [0.717, 1.165) is 0 Å². The van der Waals surface area contributed by atoms with Crippen molar-refractivity contribution in [1.82, 2.24) is 4.98 Å². The maximum atomic E-state index is 10.7. The quantitative estimate of drug-likeness (QED) is 0.602. The van der Waals surface area contributed by atoms with Crippen molar-refractivity contribution in [2.24, 2.45) is 0 Å². The van der Waals surface area contributed by atoms with Gasteiger partial charge >= 0.3 is 0 Å². The van der Waals surface area contributed by atoms with Gasteiger partial charge in [-0.15, -0.1) is 0 Å². The van der Waals surface area contributed by atoms with Crippen LogP contribution in [0.3, 0.4) is 0 Å². The van der Waals surface area contributed by atoms with Crippen molar-refractivity contribution in [2.45, 2.75) is 0 Å². The van der Waals surface area contributed by atoms with Crippen molar-refractivity contribution in [3.8, 4) is 0 Å². The van der Waals surface area contributed by atoms with E-state index in [2.05, 4.69) is 4.98 Å². The van der Waals surface area contributed by atoms with Crippen LogP contribution in [0.5, 0.6) is 0 Å². The summed E-state index contributed by atoms with van der Waals surface area (Å²) >= 11 is 0. The van der Waals surface area contributed by atoms with Crippen molar-refractivity contribution < 1.29 is 15.1 Å². The number of fused-ring (bicyclic) bond motifs is 1. The van der Waals surface area contributed by atoms with Crippen molar-refractivity contribution in [1.29, 1.82) is 0 Å². The molecule has 0 aliphatic heterocycles. The number of aliphatic hydroxyl groups excluding tert-OH is 2. The molecule has 0 saturated heterocycles. The third kappa shape index (κ3) is 3.01. The molecule has 0 amide bonds. The monoisotopic (exact) mass is 277 g/mol. The molecule has 0 unspecified atom stereocenters. The Morgan fingerprint density at radius 3 is 2.45 bits per heavy atom. The number of nitro benzene ring substituents is 1. The molecule has 0 saturated carbocycles. The van der Waals surface area contributed by atoms with E-state index in [1.165, 1.54) is 12.1 Å². The fraction of sp³-hybridized carbons (Fsp3) is 0.308. The van der Waals surface area contributed by atoms with Crippen molar-refractivity contribution in [3.05, 3.63) is 40.4 Å². The maximum absolute atomic E-state index is 10.7. The molecule has 0 fully saturated rings. The highest BCUT2D eigenvalue weighted by Crippen LogP contribution is 2.22. The molecule has 0 bridgehead atoms. The van der Waals surface area contributed by atoms with Gasteiger partial charge in [0.2, 0.25) is 0 Å². The number of benzene rings is 1. The highest BCUT2D eigenvalue weighted by Gasteiger charge is 2.10. The van der Waals surface area contributed by atoms with Crippen LogP contribution in [0.1, 0.15) is 0 Å². The van der Waals surface area contributed by atoms with Crippen molar-refractivity contribution >= 4 is 22.4 Å². The molecule has 20 heavy (non-hydrogen) atoms. The minimum absolute atomic E-state index is 0.0228. The van der Waals surface area contributed by atoms with Crippen LogP contribution in [-0.2, 0) is 0 Å². The summed E-state index contributed by atoms with van der Waals surface area (Å²) in [7, 11) is 0. The predicted molar refractivity (Wildman–Crippen MR) is 74.8 cm³/mol. The summed E-state index contributed by atoms with van der Waals surface area (Å²) in [5.41, 5.74) is 0.656. The lowest BCUT2D eigenvalue weighted by atomic mass is 10.2. The van der Waals surface area contributed by atoms with Gasteiger partial charge in [0.15, 0.2) is 0 Å². The van der Waals surface area contributed by atoms with Crippen LogP contribution in [0.2, 0.25) is 0 Å². The zero-order valence-electron chi connectivity index (χ0n) is 10.8. The van der Waals surface area contributed by atoms with Gasteiger partial charge in [-0.25, -0.2) is 4.98 Å². The van der Waals surface area contributed by atoms with E-state index in [1.807, 2.05) is 0 Å². The zero-order chi connectivity index (χ0) is 14.5. The Balaban J connectivity index is 2.37. The number of nitrogens with zero attached hydrogens (tertiary/aromatic N) is 3.